The van der Waals surface area contributed by atoms with Crippen molar-refractivity contribution in [3.63, 3.8) is 0 Å². The third kappa shape index (κ3) is 1.87. The zero-order valence-electron chi connectivity index (χ0n) is 7.88. The molecular formula is C10H11ClN2O. The summed E-state index contributed by atoms with van der Waals surface area (Å²) in [6, 6.07) is 3.82. The summed E-state index contributed by atoms with van der Waals surface area (Å²) in [5, 5.41) is 3.30. The molecule has 74 valence electrons. The molecule has 1 N–H and O–H groups in total. The van der Waals surface area contributed by atoms with Crippen LogP contribution in [0.2, 0.25) is 5.15 Å². The Bertz CT molecular complexity index is 358. The van der Waals surface area contributed by atoms with Crippen LogP contribution in [0, 0.1) is 6.92 Å². The van der Waals surface area contributed by atoms with E-state index in [-0.39, 0.29) is 11.8 Å². The third-order valence-electron chi connectivity index (χ3n) is 2.39. The molecule has 0 aromatic carbocycles. The molecule has 1 unspecified atom stereocenters. The summed E-state index contributed by atoms with van der Waals surface area (Å²) in [6.45, 7) is 2.61. The largest absolute Gasteiger partial charge is 0.355 e. The van der Waals surface area contributed by atoms with Crippen molar-refractivity contribution < 1.29 is 4.79 Å². The van der Waals surface area contributed by atoms with E-state index in [2.05, 4.69) is 10.3 Å². The smallest absolute Gasteiger partial charge is 0.220 e. The zero-order chi connectivity index (χ0) is 10.1. The number of nitrogens with one attached hydrogen (secondary N) is 1. The average Bonchev–Trinajstić information content (AvgIpc) is 2.50. The Hall–Kier alpha value is -1.09. The number of aromatic nitrogens is 1. The zero-order valence-corrected chi connectivity index (χ0v) is 8.64. The second kappa shape index (κ2) is 3.58. The second-order valence-corrected chi connectivity index (χ2v) is 3.96. The molecule has 14 heavy (non-hydrogen) atoms. The summed E-state index contributed by atoms with van der Waals surface area (Å²) >= 11 is 5.85. The van der Waals surface area contributed by atoms with Gasteiger partial charge < -0.3 is 5.32 Å². The topological polar surface area (TPSA) is 42.0 Å². The number of hydrogen-bond donors (Lipinski definition) is 1. The molecule has 1 aliphatic heterocycles. The predicted molar refractivity (Wildman–Crippen MR) is 54.4 cm³/mol. The van der Waals surface area contributed by atoms with Gasteiger partial charge in [-0.1, -0.05) is 11.6 Å². The number of hydrogen-bond acceptors (Lipinski definition) is 2. The molecule has 4 heteroatoms. The van der Waals surface area contributed by atoms with E-state index in [4.69, 9.17) is 11.6 Å². The van der Waals surface area contributed by atoms with Gasteiger partial charge in [0.2, 0.25) is 5.91 Å². The number of halogens is 1. The van der Waals surface area contributed by atoms with Crippen LogP contribution in [-0.2, 0) is 4.79 Å². The number of carbonyl (C=O) groups excluding carboxylic acids is 1. The minimum absolute atomic E-state index is 0.112. The van der Waals surface area contributed by atoms with Gasteiger partial charge in [0.1, 0.15) is 5.15 Å². The molecule has 1 saturated heterocycles. The lowest BCUT2D eigenvalue weighted by atomic mass is 9.99. The number of pyridine rings is 1. The van der Waals surface area contributed by atoms with Crippen molar-refractivity contribution in [3.8, 4) is 0 Å². The first kappa shape index (κ1) is 9.46. The number of rotatable bonds is 1. The molecule has 2 rings (SSSR count). The molecule has 0 bridgehead atoms. The minimum Gasteiger partial charge on any atom is -0.355 e. The summed E-state index contributed by atoms with van der Waals surface area (Å²) in [7, 11) is 0. The summed E-state index contributed by atoms with van der Waals surface area (Å²) in [6.07, 6.45) is 0.555. The van der Waals surface area contributed by atoms with Gasteiger partial charge in [-0.05, 0) is 24.6 Å². The van der Waals surface area contributed by atoms with Crippen LogP contribution in [0.25, 0.3) is 0 Å². The van der Waals surface area contributed by atoms with Gasteiger partial charge in [0.25, 0.3) is 0 Å². The molecule has 1 aliphatic rings. The van der Waals surface area contributed by atoms with Crippen molar-refractivity contribution in [2.75, 3.05) is 6.54 Å². The molecule has 1 aromatic rings. The Morgan fingerprint density at radius 2 is 2.36 bits per heavy atom. The molecule has 0 spiro atoms. The number of nitrogens with zero attached hydrogens (tertiary/aromatic N) is 1. The second-order valence-electron chi connectivity index (χ2n) is 3.57. The summed E-state index contributed by atoms with van der Waals surface area (Å²) < 4.78 is 0. The molecule has 2 heterocycles. The van der Waals surface area contributed by atoms with E-state index in [1.54, 1.807) is 0 Å². The first-order valence-corrected chi connectivity index (χ1v) is 4.94. The first-order valence-electron chi connectivity index (χ1n) is 4.56. The summed E-state index contributed by atoms with van der Waals surface area (Å²) in [5.74, 6) is 0.363. The summed E-state index contributed by atoms with van der Waals surface area (Å²) in [5.41, 5.74) is 1.99. The predicted octanol–water partition coefficient (Wildman–Crippen LogP) is 1.65. The van der Waals surface area contributed by atoms with E-state index in [0.717, 1.165) is 11.3 Å². The van der Waals surface area contributed by atoms with Crippen LogP contribution in [0.15, 0.2) is 12.1 Å². The van der Waals surface area contributed by atoms with Crippen molar-refractivity contribution in [2.24, 2.45) is 0 Å². The molecule has 0 aliphatic carbocycles. The van der Waals surface area contributed by atoms with Crippen molar-refractivity contribution in [1.29, 1.82) is 0 Å². The van der Waals surface area contributed by atoms with Crippen LogP contribution in [0.5, 0.6) is 0 Å². The van der Waals surface area contributed by atoms with E-state index < -0.39 is 0 Å². The lowest BCUT2D eigenvalue weighted by molar-refractivity contribution is -0.119. The van der Waals surface area contributed by atoms with E-state index in [1.165, 1.54) is 0 Å². The van der Waals surface area contributed by atoms with Crippen molar-refractivity contribution in [3.05, 3.63) is 28.5 Å². The third-order valence-corrected chi connectivity index (χ3v) is 2.59. The Morgan fingerprint density at radius 1 is 1.57 bits per heavy atom. The SMILES string of the molecule is Cc1cc(C2CNC(=O)C2)cc(Cl)n1. The molecule has 3 nitrogen and oxygen atoms in total. The Labute approximate surface area is 87.5 Å². The fourth-order valence-electron chi connectivity index (χ4n) is 1.73. The van der Waals surface area contributed by atoms with Crippen LogP contribution in [0.1, 0.15) is 23.6 Å². The highest BCUT2D eigenvalue weighted by Gasteiger charge is 2.23. The maximum Gasteiger partial charge on any atom is 0.220 e. The summed E-state index contributed by atoms with van der Waals surface area (Å²) in [4.78, 5) is 15.1. The lowest BCUT2D eigenvalue weighted by Crippen LogP contribution is -2.13. The van der Waals surface area contributed by atoms with Gasteiger partial charge in [-0.15, -0.1) is 0 Å². The molecule has 1 atom stereocenters. The maximum absolute atomic E-state index is 11.0. The molecule has 0 radical (unpaired) electrons. The molecule has 1 fully saturated rings. The van der Waals surface area contributed by atoms with Crippen LogP contribution in [0.3, 0.4) is 0 Å². The highest BCUT2D eigenvalue weighted by Crippen LogP contribution is 2.25. The van der Waals surface area contributed by atoms with Gasteiger partial charge >= 0.3 is 0 Å². The van der Waals surface area contributed by atoms with Crippen LogP contribution in [0.4, 0.5) is 0 Å². The fraction of sp³-hybridized carbons (Fsp3) is 0.400. The van der Waals surface area contributed by atoms with E-state index in [9.17, 15) is 4.79 Å². The monoisotopic (exact) mass is 210 g/mol. The van der Waals surface area contributed by atoms with Gasteiger partial charge in [-0.25, -0.2) is 4.98 Å². The van der Waals surface area contributed by atoms with E-state index >= 15 is 0 Å². The average molecular weight is 211 g/mol. The van der Waals surface area contributed by atoms with Crippen molar-refractivity contribution >= 4 is 17.5 Å². The quantitative estimate of drug-likeness (QED) is 0.717. The van der Waals surface area contributed by atoms with Crippen molar-refractivity contribution in [1.82, 2.24) is 10.3 Å². The van der Waals surface area contributed by atoms with Crippen LogP contribution in [-0.4, -0.2) is 17.4 Å². The highest BCUT2D eigenvalue weighted by molar-refractivity contribution is 6.29. The maximum atomic E-state index is 11.0. The molecule has 1 amide bonds. The van der Waals surface area contributed by atoms with Gasteiger partial charge in [0.05, 0.1) is 0 Å². The normalized spacial score (nSPS) is 21.0. The molecule has 0 saturated carbocycles. The first-order chi connectivity index (χ1) is 6.65. The van der Waals surface area contributed by atoms with E-state index in [1.807, 2.05) is 19.1 Å². The van der Waals surface area contributed by atoms with Crippen LogP contribution < -0.4 is 5.32 Å². The molecule has 1 aromatic heterocycles. The van der Waals surface area contributed by atoms with Crippen LogP contribution >= 0.6 is 11.6 Å². The lowest BCUT2D eigenvalue weighted by Gasteiger charge is -2.08. The van der Waals surface area contributed by atoms with Gasteiger partial charge in [-0.2, -0.15) is 0 Å². The van der Waals surface area contributed by atoms with Gasteiger partial charge in [0, 0.05) is 24.6 Å². The number of amides is 1. The minimum atomic E-state index is 0.112. The Morgan fingerprint density at radius 3 is 2.93 bits per heavy atom. The Kier molecular flexibility index (Phi) is 2.42. The fourth-order valence-corrected chi connectivity index (χ4v) is 1.99. The standard InChI is InChI=1S/C10H11ClN2O/c1-6-2-7(3-9(11)13-6)8-4-10(14)12-5-8/h2-3,8H,4-5H2,1H3,(H,12,14). The number of carbonyl (C=O) groups is 1. The number of aryl methyl sites for hydroxylation is 1. The molecular weight excluding hydrogens is 200 g/mol. The Balaban J connectivity index is 2.27. The van der Waals surface area contributed by atoms with E-state index in [0.29, 0.717) is 18.1 Å². The van der Waals surface area contributed by atoms with Crippen molar-refractivity contribution in [2.45, 2.75) is 19.3 Å². The highest BCUT2D eigenvalue weighted by atomic mass is 35.5. The van der Waals surface area contributed by atoms with Gasteiger partial charge in [0.15, 0.2) is 0 Å². The van der Waals surface area contributed by atoms with Gasteiger partial charge in [-0.3, -0.25) is 4.79 Å².